The molecule has 0 aliphatic heterocycles. The second kappa shape index (κ2) is 6.38. The van der Waals surface area contributed by atoms with E-state index in [2.05, 4.69) is 0 Å². The summed E-state index contributed by atoms with van der Waals surface area (Å²) in [6, 6.07) is 15.0. The summed E-state index contributed by atoms with van der Waals surface area (Å²) in [6.45, 7) is 2.35. The maximum atomic E-state index is 12.1. The second-order valence-corrected chi connectivity index (χ2v) is 5.74. The van der Waals surface area contributed by atoms with Gasteiger partial charge < -0.3 is 10.5 Å². The third-order valence-corrected chi connectivity index (χ3v) is 4.27. The van der Waals surface area contributed by atoms with Crippen molar-refractivity contribution in [1.29, 1.82) is 0 Å². The summed E-state index contributed by atoms with van der Waals surface area (Å²) in [4.78, 5) is 0.868. The minimum Gasteiger partial charge on any atom is -0.490 e. The number of hydrogen-bond donors (Lipinski definition) is 1. The lowest BCUT2D eigenvalue weighted by Gasteiger charge is -2.09. The fourth-order valence-electron chi connectivity index (χ4n) is 1.76. The molecule has 4 heteroatoms. The van der Waals surface area contributed by atoms with Crippen molar-refractivity contribution in [2.75, 3.05) is 18.1 Å². The molecule has 19 heavy (non-hydrogen) atoms. The van der Waals surface area contributed by atoms with Crippen molar-refractivity contribution in [2.24, 2.45) is 0 Å². The first-order valence-electron chi connectivity index (χ1n) is 6.10. The van der Waals surface area contributed by atoms with E-state index in [-0.39, 0.29) is 0 Å². The Morgan fingerprint density at radius 1 is 1.11 bits per heavy atom. The SMILES string of the molecule is Cc1ccccc1S(=O)CCOc1ccccc1N. The summed E-state index contributed by atoms with van der Waals surface area (Å²) in [5.41, 5.74) is 7.41. The van der Waals surface area contributed by atoms with Gasteiger partial charge >= 0.3 is 0 Å². The van der Waals surface area contributed by atoms with E-state index < -0.39 is 10.8 Å². The molecule has 2 rings (SSSR count). The molecule has 0 radical (unpaired) electrons. The zero-order valence-corrected chi connectivity index (χ0v) is 11.7. The maximum absolute atomic E-state index is 12.1. The molecule has 0 heterocycles. The van der Waals surface area contributed by atoms with Crippen molar-refractivity contribution < 1.29 is 8.95 Å². The van der Waals surface area contributed by atoms with E-state index in [1.807, 2.05) is 49.4 Å². The van der Waals surface area contributed by atoms with Crippen LogP contribution in [-0.4, -0.2) is 16.6 Å². The van der Waals surface area contributed by atoms with Gasteiger partial charge in [0.15, 0.2) is 0 Å². The highest BCUT2D eigenvalue weighted by Crippen LogP contribution is 2.20. The van der Waals surface area contributed by atoms with Crippen LogP contribution in [0.15, 0.2) is 53.4 Å². The number of nitrogen functional groups attached to an aromatic ring is 1. The van der Waals surface area contributed by atoms with E-state index in [0.717, 1.165) is 10.5 Å². The molecule has 0 aliphatic carbocycles. The predicted octanol–water partition coefficient (Wildman–Crippen LogP) is 2.76. The molecule has 2 aromatic rings. The lowest BCUT2D eigenvalue weighted by Crippen LogP contribution is -2.10. The molecule has 3 nitrogen and oxygen atoms in total. The van der Waals surface area contributed by atoms with Crippen LogP contribution in [-0.2, 0) is 10.8 Å². The Morgan fingerprint density at radius 3 is 2.53 bits per heavy atom. The Balaban J connectivity index is 1.92. The van der Waals surface area contributed by atoms with E-state index in [9.17, 15) is 4.21 Å². The highest BCUT2D eigenvalue weighted by molar-refractivity contribution is 7.85. The minimum absolute atomic E-state index is 0.384. The summed E-state index contributed by atoms with van der Waals surface area (Å²) >= 11 is 0. The fourth-order valence-corrected chi connectivity index (χ4v) is 2.87. The molecule has 0 saturated carbocycles. The molecule has 2 aromatic carbocycles. The van der Waals surface area contributed by atoms with Gasteiger partial charge in [-0.2, -0.15) is 0 Å². The van der Waals surface area contributed by atoms with Crippen LogP contribution < -0.4 is 10.5 Å². The second-order valence-electron chi connectivity index (χ2n) is 4.20. The van der Waals surface area contributed by atoms with E-state index in [0.29, 0.717) is 23.8 Å². The minimum atomic E-state index is -1.04. The number of nitrogens with two attached hydrogens (primary N) is 1. The van der Waals surface area contributed by atoms with Crippen LogP contribution in [0.25, 0.3) is 0 Å². The normalized spacial score (nSPS) is 12.1. The zero-order chi connectivity index (χ0) is 13.7. The van der Waals surface area contributed by atoms with Crippen molar-refractivity contribution in [3.63, 3.8) is 0 Å². The van der Waals surface area contributed by atoms with Crippen LogP contribution in [0.3, 0.4) is 0 Å². The number of hydrogen-bond acceptors (Lipinski definition) is 3. The van der Waals surface area contributed by atoms with Gasteiger partial charge in [0, 0.05) is 4.90 Å². The van der Waals surface area contributed by atoms with Crippen LogP contribution in [0, 0.1) is 6.92 Å². The van der Waals surface area contributed by atoms with Crippen molar-refractivity contribution >= 4 is 16.5 Å². The van der Waals surface area contributed by atoms with Gasteiger partial charge in [0.1, 0.15) is 12.4 Å². The van der Waals surface area contributed by atoms with Crippen LogP contribution in [0.5, 0.6) is 5.75 Å². The highest BCUT2D eigenvalue weighted by atomic mass is 32.2. The fraction of sp³-hybridized carbons (Fsp3) is 0.200. The summed E-state index contributed by atoms with van der Waals surface area (Å²) in [5.74, 6) is 1.10. The Kier molecular flexibility index (Phi) is 4.58. The molecule has 0 saturated heterocycles. The number of aryl methyl sites for hydroxylation is 1. The first-order valence-corrected chi connectivity index (χ1v) is 7.41. The van der Waals surface area contributed by atoms with E-state index in [4.69, 9.17) is 10.5 Å². The summed E-state index contributed by atoms with van der Waals surface area (Å²) in [7, 11) is -1.04. The quantitative estimate of drug-likeness (QED) is 0.854. The average Bonchev–Trinajstić information content (AvgIpc) is 2.41. The topological polar surface area (TPSA) is 52.3 Å². The standard InChI is InChI=1S/C15H17NO2S/c1-12-6-2-5-9-15(12)19(17)11-10-18-14-8-4-3-7-13(14)16/h2-9H,10-11,16H2,1H3. The number of anilines is 1. The molecule has 2 N–H and O–H groups in total. The monoisotopic (exact) mass is 275 g/mol. The van der Waals surface area contributed by atoms with Gasteiger partial charge in [0.05, 0.1) is 22.2 Å². The highest BCUT2D eigenvalue weighted by Gasteiger charge is 2.07. The third-order valence-electron chi connectivity index (χ3n) is 2.78. The molecule has 100 valence electrons. The van der Waals surface area contributed by atoms with Crippen molar-refractivity contribution in [1.82, 2.24) is 0 Å². The number of rotatable bonds is 5. The van der Waals surface area contributed by atoms with Crippen LogP contribution in [0.2, 0.25) is 0 Å². The molecule has 1 atom stereocenters. The van der Waals surface area contributed by atoms with Gasteiger partial charge in [0.2, 0.25) is 0 Å². The van der Waals surface area contributed by atoms with Gasteiger partial charge in [-0.25, -0.2) is 0 Å². The Hall–Kier alpha value is -1.81. The van der Waals surface area contributed by atoms with Crippen LogP contribution in [0.1, 0.15) is 5.56 Å². The van der Waals surface area contributed by atoms with Gasteiger partial charge in [0.25, 0.3) is 0 Å². The van der Waals surface area contributed by atoms with E-state index >= 15 is 0 Å². The van der Waals surface area contributed by atoms with Crippen molar-refractivity contribution in [3.05, 3.63) is 54.1 Å². The van der Waals surface area contributed by atoms with E-state index in [1.165, 1.54) is 0 Å². The molecule has 0 spiro atoms. The smallest absolute Gasteiger partial charge is 0.142 e. The lowest BCUT2D eigenvalue weighted by molar-refractivity contribution is 0.344. The van der Waals surface area contributed by atoms with Gasteiger partial charge in [-0.15, -0.1) is 0 Å². The number of ether oxygens (including phenoxy) is 1. The summed E-state index contributed by atoms with van der Waals surface area (Å²) in [5, 5.41) is 0. The van der Waals surface area contributed by atoms with Crippen LogP contribution >= 0.6 is 0 Å². The summed E-state index contributed by atoms with van der Waals surface area (Å²) in [6.07, 6.45) is 0. The molecule has 0 aromatic heterocycles. The lowest BCUT2D eigenvalue weighted by atomic mass is 10.2. The molecule has 0 bridgehead atoms. The van der Waals surface area contributed by atoms with Gasteiger partial charge in [-0.3, -0.25) is 4.21 Å². The molecule has 0 aliphatic rings. The third kappa shape index (κ3) is 3.58. The van der Waals surface area contributed by atoms with Crippen molar-refractivity contribution in [2.45, 2.75) is 11.8 Å². The first kappa shape index (κ1) is 13.6. The molecular formula is C15H17NO2S. The average molecular weight is 275 g/mol. The zero-order valence-electron chi connectivity index (χ0n) is 10.8. The largest absolute Gasteiger partial charge is 0.490 e. The van der Waals surface area contributed by atoms with Gasteiger partial charge in [-0.1, -0.05) is 30.3 Å². The van der Waals surface area contributed by atoms with Crippen molar-refractivity contribution in [3.8, 4) is 5.75 Å². The van der Waals surface area contributed by atoms with Gasteiger partial charge in [-0.05, 0) is 30.7 Å². The predicted molar refractivity (Wildman–Crippen MR) is 78.8 cm³/mol. The maximum Gasteiger partial charge on any atom is 0.142 e. The first-order chi connectivity index (χ1) is 9.18. The molecular weight excluding hydrogens is 258 g/mol. The number of benzene rings is 2. The molecule has 1 unspecified atom stereocenters. The Morgan fingerprint density at radius 2 is 1.79 bits per heavy atom. The van der Waals surface area contributed by atoms with Crippen LogP contribution in [0.4, 0.5) is 5.69 Å². The Labute approximate surface area is 115 Å². The molecule has 0 amide bonds. The summed E-state index contributed by atoms with van der Waals surface area (Å²) < 4.78 is 17.7. The Bertz CT molecular complexity index is 584. The molecule has 0 fully saturated rings. The number of para-hydroxylation sites is 2. The van der Waals surface area contributed by atoms with E-state index in [1.54, 1.807) is 6.07 Å².